The summed E-state index contributed by atoms with van der Waals surface area (Å²) in [5.74, 6) is 0.0927. The predicted molar refractivity (Wildman–Crippen MR) is 69.0 cm³/mol. The van der Waals surface area contributed by atoms with E-state index in [4.69, 9.17) is 5.73 Å². The second kappa shape index (κ2) is 3.69. The molecule has 0 fully saturated rings. The van der Waals surface area contributed by atoms with Crippen LogP contribution in [-0.2, 0) is 7.05 Å². The number of anilines is 1. The number of nitrogens with one attached hydrogen (secondary N) is 1. The van der Waals surface area contributed by atoms with E-state index in [0.29, 0.717) is 16.7 Å². The molecule has 0 atom stereocenters. The molecule has 0 unspecified atom stereocenters. The number of aryl methyl sites for hydroxylation is 1. The Hall–Kier alpha value is -2.63. The minimum atomic E-state index is -0.274. The van der Waals surface area contributed by atoms with Crippen molar-refractivity contribution in [2.75, 3.05) is 5.73 Å². The SMILES string of the molecule is Cn1nc(-c2ccccc2)c2c(=O)[nH]c(N)nc21. The van der Waals surface area contributed by atoms with Gasteiger partial charge in [0.25, 0.3) is 5.56 Å². The van der Waals surface area contributed by atoms with Crippen molar-refractivity contribution in [2.45, 2.75) is 0 Å². The Morgan fingerprint density at radius 1 is 1.28 bits per heavy atom. The van der Waals surface area contributed by atoms with Crippen LogP contribution in [0.5, 0.6) is 0 Å². The molecule has 90 valence electrons. The number of aromatic amines is 1. The van der Waals surface area contributed by atoms with Gasteiger partial charge in [0, 0.05) is 12.6 Å². The molecule has 18 heavy (non-hydrogen) atoms. The molecule has 0 aliphatic rings. The minimum Gasteiger partial charge on any atom is -0.369 e. The highest BCUT2D eigenvalue weighted by molar-refractivity contribution is 5.90. The fourth-order valence-corrected chi connectivity index (χ4v) is 1.97. The van der Waals surface area contributed by atoms with Crippen molar-refractivity contribution >= 4 is 17.0 Å². The van der Waals surface area contributed by atoms with E-state index < -0.39 is 0 Å². The predicted octanol–water partition coefficient (Wildman–Crippen LogP) is 0.906. The molecule has 0 saturated carbocycles. The van der Waals surface area contributed by atoms with Crippen molar-refractivity contribution in [2.24, 2.45) is 7.05 Å². The van der Waals surface area contributed by atoms with Crippen molar-refractivity contribution in [1.82, 2.24) is 19.7 Å². The monoisotopic (exact) mass is 241 g/mol. The van der Waals surface area contributed by atoms with Gasteiger partial charge >= 0.3 is 0 Å². The lowest BCUT2D eigenvalue weighted by molar-refractivity contribution is 0.789. The molecule has 6 heteroatoms. The molecule has 0 spiro atoms. The zero-order valence-corrected chi connectivity index (χ0v) is 9.71. The highest BCUT2D eigenvalue weighted by Gasteiger charge is 2.15. The molecule has 1 aromatic carbocycles. The molecule has 2 heterocycles. The summed E-state index contributed by atoms with van der Waals surface area (Å²) in [6.45, 7) is 0. The standard InChI is InChI=1S/C12H11N5O/c1-17-10-8(11(18)15-12(13)14-10)9(16-17)7-5-3-2-4-6-7/h2-6H,1H3,(H3,13,14,15,18). The Labute approximate surface area is 102 Å². The van der Waals surface area contributed by atoms with Crippen LogP contribution in [0.15, 0.2) is 35.1 Å². The summed E-state index contributed by atoms with van der Waals surface area (Å²) >= 11 is 0. The van der Waals surface area contributed by atoms with E-state index >= 15 is 0 Å². The molecule has 0 bridgehead atoms. The van der Waals surface area contributed by atoms with Gasteiger partial charge in [-0.3, -0.25) is 9.78 Å². The van der Waals surface area contributed by atoms with Crippen LogP contribution in [0.25, 0.3) is 22.3 Å². The van der Waals surface area contributed by atoms with E-state index in [1.165, 1.54) is 0 Å². The summed E-state index contributed by atoms with van der Waals surface area (Å²) in [5.41, 5.74) is 7.23. The normalized spacial score (nSPS) is 10.9. The van der Waals surface area contributed by atoms with Gasteiger partial charge in [-0.25, -0.2) is 4.68 Å². The maximum atomic E-state index is 12.0. The molecule has 0 amide bonds. The van der Waals surface area contributed by atoms with Gasteiger partial charge < -0.3 is 5.73 Å². The fraction of sp³-hybridized carbons (Fsp3) is 0.0833. The van der Waals surface area contributed by atoms with Crippen molar-refractivity contribution in [3.05, 3.63) is 40.7 Å². The van der Waals surface area contributed by atoms with E-state index in [-0.39, 0.29) is 11.5 Å². The number of rotatable bonds is 1. The van der Waals surface area contributed by atoms with Crippen molar-refractivity contribution in [1.29, 1.82) is 0 Å². The molecule has 0 saturated heterocycles. The Morgan fingerprint density at radius 3 is 2.72 bits per heavy atom. The molecular formula is C12H11N5O. The summed E-state index contributed by atoms with van der Waals surface area (Å²) < 4.78 is 1.56. The van der Waals surface area contributed by atoms with Gasteiger partial charge in [-0.05, 0) is 0 Å². The van der Waals surface area contributed by atoms with E-state index in [0.717, 1.165) is 5.56 Å². The average molecular weight is 241 g/mol. The van der Waals surface area contributed by atoms with Crippen LogP contribution < -0.4 is 11.3 Å². The van der Waals surface area contributed by atoms with Gasteiger partial charge in [0.15, 0.2) is 5.65 Å². The number of nitrogens with zero attached hydrogens (tertiary/aromatic N) is 3. The molecule has 3 N–H and O–H groups in total. The molecule has 0 radical (unpaired) electrons. The maximum absolute atomic E-state index is 12.0. The number of nitrogens with two attached hydrogens (primary N) is 1. The number of hydrogen-bond acceptors (Lipinski definition) is 4. The zero-order valence-electron chi connectivity index (χ0n) is 9.71. The number of hydrogen-bond donors (Lipinski definition) is 2. The van der Waals surface area contributed by atoms with Gasteiger partial charge in [-0.2, -0.15) is 10.1 Å². The first-order valence-corrected chi connectivity index (χ1v) is 5.45. The lowest BCUT2D eigenvalue weighted by Crippen LogP contribution is -2.11. The van der Waals surface area contributed by atoms with Gasteiger partial charge in [0.05, 0.1) is 0 Å². The largest absolute Gasteiger partial charge is 0.369 e. The zero-order chi connectivity index (χ0) is 12.7. The molecule has 3 rings (SSSR count). The Bertz CT molecular complexity index is 772. The quantitative estimate of drug-likeness (QED) is 0.662. The minimum absolute atomic E-state index is 0.0927. The lowest BCUT2D eigenvalue weighted by atomic mass is 10.1. The number of nitrogen functional groups attached to an aromatic ring is 1. The number of fused-ring (bicyclic) bond motifs is 1. The van der Waals surface area contributed by atoms with Crippen molar-refractivity contribution in [3.63, 3.8) is 0 Å². The third-order valence-corrected chi connectivity index (χ3v) is 2.76. The van der Waals surface area contributed by atoms with Gasteiger partial charge in [-0.15, -0.1) is 0 Å². The van der Waals surface area contributed by atoms with Crippen LogP contribution in [0, 0.1) is 0 Å². The topological polar surface area (TPSA) is 89.6 Å². The summed E-state index contributed by atoms with van der Waals surface area (Å²) in [6, 6.07) is 9.51. The van der Waals surface area contributed by atoms with E-state index in [9.17, 15) is 4.79 Å². The molecular weight excluding hydrogens is 230 g/mol. The van der Waals surface area contributed by atoms with Gasteiger partial charge in [-0.1, -0.05) is 30.3 Å². The fourth-order valence-electron chi connectivity index (χ4n) is 1.97. The van der Waals surface area contributed by atoms with E-state index in [2.05, 4.69) is 15.1 Å². The third kappa shape index (κ3) is 1.46. The van der Waals surface area contributed by atoms with Crippen LogP contribution in [-0.4, -0.2) is 19.7 Å². The van der Waals surface area contributed by atoms with Crippen molar-refractivity contribution < 1.29 is 0 Å². The average Bonchev–Trinajstić information content (AvgIpc) is 2.68. The summed E-state index contributed by atoms with van der Waals surface area (Å²) in [4.78, 5) is 18.6. The first-order valence-electron chi connectivity index (χ1n) is 5.45. The number of benzene rings is 1. The van der Waals surface area contributed by atoms with Gasteiger partial charge in [0.2, 0.25) is 5.95 Å². The first kappa shape index (κ1) is 10.5. The Balaban J connectivity index is 2.42. The van der Waals surface area contributed by atoms with Crippen LogP contribution >= 0.6 is 0 Å². The Morgan fingerprint density at radius 2 is 2.00 bits per heavy atom. The number of aromatic nitrogens is 4. The molecule has 0 aliphatic heterocycles. The first-order chi connectivity index (χ1) is 8.66. The maximum Gasteiger partial charge on any atom is 0.264 e. The number of H-pyrrole nitrogens is 1. The van der Waals surface area contributed by atoms with E-state index in [1.807, 2.05) is 30.3 Å². The Kier molecular flexibility index (Phi) is 2.16. The molecule has 3 aromatic rings. The highest BCUT2D eigenvalue weighted by Crippen LogP contribution is 2.23. The summed E-state index contributed by atoms with van der Waals surface area (Å²) in [5, 5.41) is 4.80. The summed E-state index contributed by atoms with van der Waals surface area (Å²) in [7, 11) is 1.74. The van der Waals surface area contributed by atoms with Crippen LogP contribution in [0.3, 0.4) is 0 Å². The lowest BCUT2D eigenvalue weighted by Gasteiger charge is -1.96. The van der Waals surface area contributed by atoms with Gasteiger partial charge in [0.1, 0.15) is 11.1 Å². The van der Waals surface area contributed by atoms with Crippen LogP contribution in [0.2, 0.25) is 0 Å². The van der Waals surface area contributed by atoms with Crippen molar-refractivity contribution in [3.8, 4) is 11.3 Å². The third-order valence-electron chi connectivity index (χ3n) is 2.76. The van der Waals surface area contributed by atoms with E-state index in [1.54, 1.807) is 11.7 Å². The smallest absolute Gasteiger partial charge is 0.264 e. The summed E-state index contributed by atoms with van der Waals surface area (Å²) in [6.07, 6.45) is 0. The second-order valence-corrected chi connectivity index (χ2v) is 3.99. The molecule has 6 nitrogen and oxygen atoms in total. The molecule has 0 aliphatic carbocycles. The molecule has 2 aromatic heterocycles. The van der Waals surface area contributed by atoms with Crippen LogP contribution in [0.1, 0.15) is 0 Å². The highest BCUT2D eigenvalue weighted by atomic mass is 16.1. The second-order valence-electron chi connectivity index (χ2n) is 3.99. The van der Waals surface area contributed by atoms with Crippen LogP contribution in [0.4, 0.5) is 5.95 Å².